The fourth-order valence-corrected chi connectivity index (χ4v) is 2.19. The first-order valence-corrected chi connectivity index (χ1v) is 5.21. The Morgan fingerprint density at radius 3 is 2.47 bits per heavy atom. The highest BCUT2D eigenvalue weighted by molar-refractivity contribution is 5.64. The van der Waals surface area contributed by atoms with Crippen molar-refractivity contribution in [2.75, 3.05) is 13.2 Å². The number of rotatable bonds is 2. The Hall–Kier alpha value is -0.810. The van der Waals surface area contributed by atoms with Crippen LogP contribution in [0.1, 0.15) is 27.2 Å². The van der Waals surface area contributed by atoms with E-state index >= 15 is 0 Å². The summed E-state index contributed by atoms with van der Waals surface area (Å²) in [5, 5.41) is 20.3. The van der Waals surface area contributed by atoms with Gasteiger partial charge in [-0.25, -0.2) is 4.79 Å². The Morgan fingerprint density at radius 2 is 2.13 bits per heavy atom. The first-order chi connectivity index (χ1) is 6.84. The molecular formula is C10H20N2O3. The second kappa shape index (κ2) is 4.37. The van der Waals surface area contributed by atoms with Gasteiger partial charge in [0.05, 0.1) is 6.61 Å². The van der Waals surface area contributed by atoms with Crippen LogP contribution in [0.3, 0.4) is 0 Å². The third-order valence-electron chi connectivity index (χ3n) is 2.81. The summed E-state index contributed by atoms with van der Waals surface area (Å²) in [6, 6.07) is -0.0132. The van der Waals surface area contributed by atoms with Crippen LogP contribution in [-0.2, 0) is 0 Å². The van der Waals surface area contributed by atoms with Gasteiger partial charge in [-0.2, -0.15) is 0 Å². The summed E-state index contributed by atoms with van der Waals surface area (Å²) in [4.78, 5) is 12.7. The molecule has 1 heterocycles. The lowest BCUT2D eigenvalue weighted by Crippen LogP contribution is -2.47. The third-order valence-corrected chi connectivity index (χ3v) is 2.81. The third kappa shape index (κ3) is 3.07. The first kappa shape index (κ1) is 12.3. The van der Waals surface area contributed by atoms with E-state index < -0.39 is 6.09 Å². The van der Waals surface area contributed by atoms with Gasteiger partial charge in [0.25, 0.3) is 0 Å². The molecule has 0 aliphatic carbocycles. The molecule has 0 aromatic rings. The first-order valence-electron chi connectivity index (χ1n) is 5.21. The van der Waals surface area contributed by atoms with Gasteiger partial charge < -0.3 is 15.5 Å². The molecule has 0 aromatic heterocycles. The molecule has 1 rings (SSSR count). The van der Waals surface area contributed by atoms with Crippen LogP contribution in [0, 0.1) is 0 Å². The van der Waals surface area contributed by atoms with Gasteiger partial charge in [0.1, 0.15) is 0 Å². The van der Waals surface area contributed by atoms with E-state index in [1.54, 1.807) is 0 Å². The molecule has 0 saturated carbocycles. The summed E-state index contributed by atoms with van der Waals surface area (Å²) in [6.45, 7) is 6.95. The molecule has 5 heteroatoms. The summed E-state index contributed by atoms with van der Waals surface area (Å²) >= 11 is 0. The van der Waals surface area contributed by atoms with Crippen LogP contribution in [0.25, 0.3) is 0 Å². The van der Waals surface area contributed by atoms with Crippen molar-refractivity contribution >= 4 is 6.09 Å². The summed E-state index contributed by atoms with van der Waals surface area (Å²) in [7, 11) is 0. The fraction of sp³-hybridized carbons (Fsp3) is 0.900. The van der Waals surface area contributed by atoms with Crippen LogP contribution >= 0.6 is 0 Å². The Labute approximate surface area is 90.1 Å². The van der Waals surface area contributed by atoms with E-state index in [0.717, 1.165) is 0 Å². The highest BCUT2D eigenvalue weighted by Crippen LogP contribution is 2.26. The topological polar surface area (TPSA) is 72.8 Å². The van der Waals surface area contributed by atoms with Crippen molar-refractivity contribution in [3.63, 3.8) is 0 Å². The standard InChI is InChI=1S/C10H20N2O3/c1-10(2,3)12-5-7(11-9(14)15)4-8(12)6-13/h7-8,11,13H,4-6H2,1-3H3,(H,14,15)/t7-,8-/m1/s1. The zero-order valence-electron chi connectivity index (χ0n) is 9.53. The number of nitrogens with zero attached hydrogens (tertiary/aromatic N) is 1. The number of aliphatic hydroxyl groups excluding tert-OH is 1. The van der Waals surface area contributed by atoms with Gasteiger partial charge in [0.15, 0.2) is 0 Å². The summed E-state index contributed by atoms with van der Waals surface area (Å²) in [6.07, 6.45) is -0.312. The number of aliphatic hydroxyl groups is 1. The summed E-state index contributed by atoms with van der Waals surface area (Å²) < 4.78 is 0. The van der Waals surface area contributed by atoms with Crippen LogP contribution in [0.5, 0.6) is 0 Å². The van der Waals surface area contributed by atoms with Gasteiger partial charge in [-0.15, -0.1) is 0 Å². The van der Waals surface area contributed by atoms with Gasteiger partial charge in [0.2, 0.25) is 0 Å². The lowest BCUT2D eigenvalue weighted by Gasteiger charge is -2.36. The number of carbonyl (C=O) groups is 1. The summed E-state index contributed by atoms with van der Waals surface area (Å²) in [5.74, 6) is 0. The largest absolute Gasteiger partial charge is 0.465 e. The molecule has 0 radical (unpaired) electrons. The Bertz CT molecular complexity index is 237. The second-order valence-corrected chi connectivity index (χ2v) is 5.04. The minimum atomic E-state index is -0.993. The van der Waals surface area contributed by atoms with E-state index in [2.05, 4.69) is 31.0 Å². The molecule has 2 atom stereocenters. The highest BCUT2D eigenvalue weighted by Gasteiger charge is 2.38. The quantitative estimate of drug-likeness (QED) is 0.628. The molecule has 1 amide bonds. The number of carboxylic acid groups (broad SMARTS) is 1. The second-order valence-electron chi connectivity index (χ2n) is 5.04. The Kier molecular flexibility index (Phi) is 3.57. The lowest BCUT2D eigenvalue weighted by atomic mass is 10.1. The van der Waals surface area contributed by atoms with Crippen molar-refractivity contribution in [1.82, 2.24) is 10.2 Å². The molecule has 0 bridgehead atoms. The zero-order valence-corrected chi connectivity index (χ0v) is 9.53. The van der Waals surface area contributed by atoms with Gasteiger partial charge in [0, 0.05) is 24.2 Å². The van der Waals surface area contributed by atoms with Crippen LogP contribution in [0.4, 0.5) is 4.79 Å². The molecule has 88 valence electrons. The number of nitrogens with one attached hydrogen (secondary N) is 1. The van der Waals surface area contributed by atoms with E-state index in [1.807, 2.05) is 0 Å². The van der Waals surface area contributed by atoms with Crippen molar-refractivity contribution in [2.24, 2.45) is 0 Å². The number of likely N-dealkylation sites (tertiary alicyclic amines) is 1. The molecule has 1 fully saturated rings. The molecule has 15 heavy (non-hydrogen) atoms. The van der Waals surface area contributed by atoms with E-state index in [9.17, 15) is 9.90 Å². The van der Waals surface area contributed by atoms with Crippen LogP contribution < -0.4 is 5.32 Å². The average molecular weight is 216 g/mol. The molecule has 0 unspecified atom stereocenters. The maximum atomic E-state index is 10.5. The van der Waals surface area contributed by atoms with Crippen LogP contribution in [-0.4, -0.2) is 52.0 Å². The van der Waals surface area contributed by atoms with Gasteiger partial charge in [-0.05, 0) is 27.2 Å². The number of amides is 1. The lowest BCUT2D eigenvalue weighted by molar-refractivity contribution is 0.0797. The molecule has 1 saturated heterocycles. The molecular weight excluding hydrogens is 196 g/mol. The van der Waals surface area contributed by atoms with Crippen molar-refractivity contribution in [1.29, 1.82) is 0 Å². The van der Waals surface area contributed by atoms with Crippen LogP contribution in [0.15, 0.2) is 0 Å². The monoisotopic (exact) mass is 216 g/mol. The maximum Gasteiger partial charge on any atom is 0.404 e. The Morgan fingerprint density at radius 1 is 1.53 bits per heavy atom. The minimum absolute atomic E-state index is 0.0394. The van der Waals surface area contributed by atoms with Gasteiger partial charge in [-0.1, -0.05) is 0 Å². The molecule has 1 aliphatic heterocycles. The highest BCUT2D eigenvalue weighted by atomic mass is 16.4. The van der Waals surface area contributed by atoms with Gasteiger partial charge in [-0.3, -0.25) is 4.90 Å². The van der Waals surface area contributed by atoms with Crippen LogP contribution in [0.2, 0.25) is 0 Å². The van der Waals surface area contributed by atoms with Gasteiger partial charge >= 0.3 is 6.09 Å². The number of hydrogen-bond donors (Lipinski definition) is 3. The predicted octanol–water partition coefficient (Wildman–Crippen LogP) is 0.488. The predicted molar refractivity (Wildman–Crippen MR) is 56.9 cm³/mol. The van der Waals surface area contributed by atoms with Crippen molar-refractivity contribution in [3.05, 3.63) is 0 Å². The molecule has 1 aliphatic rings. The van der Waals surface area contributed by atoms with E-state index in [0.29, 0.717) is 13.0 Å². The molecule has 5 nitrogen and oxygen atoms in total. The zero-order chi connectivity index (χ0) is 11.6. The molecule has 3 N–H and O–H groups in total. The van der Waals surface area contributed by atoms with E-state index in [1.165, 1.54) is 0 Å². The fourth-order valence-electron chi connectivity index (χ4n) is 2.19. The Balaban J connectivity index is 2.63. The average Bonchev–Trinajstić information content (AvgIpc) is 2.45. The summed E-state index contributed by atoms with van der Waals surface area (Å²) in [5.41, 5.74) is -0.0394. The van der Waals surface area contributed by atoms with E-state index in [4.69, 9.17) is 5.11 Å². The maximum absolute atomic E-state index is 10.5. The number of hydrogen-bond acceptors (Lipinski definition) is 3. The normalized spacial score (nSPS) is 28.0. The smallest absolute Gasteiger partial charge is 0.404 e. The molecule has 0 aromatic carbocycles. The SMILES string of the molecule is CC(C)(C)N1C[C@H](NC(=O)O)C[C@@H]1CO. The minimum Gasteiger partial charge on any atom is -0.465 e. The van der Waals surface area contributed by atoms with Crippen molar-refractivity contribution < 1.29 is 15.0 Å². The van der Waals surface area contributed by atoms with E-state index in [-0.39, 0.29) is 24.2 Å². The van der Waals surface area contributed by atoms with Crippen molar-refractivity contribution in [2.45, 2.75) is 44.8 Å². The van der Waals surface area contributed by atoms with Crippen molar-refractivity contribution in [3.8, 4) is 0 Å². The molecule has 0 spiro atoms.